The van der Waals surface area contributed by atoms with Crippen molar-refractivity contribution in [2.75, 3.05) is 5.32 Å². The van der Waals surface area contributed by atoms with Crippen LogP contribution in [0.1, 0.15) is 69.3 Å². The smallest absolute Gasteiger partial charge is 0.339 e. The second-order valence-electron chi connectivity index (χ2n) is 6.45. The van der Waals surface area contributed by atoms with Crippen LogP contribution in [-0.4, -0.2) is 17.0 Å². The van der Waals surface area contributed by atoms with E-state index < -0.39 is 5.97 Å². The summed E-state index contributed by atoms with van der Waals surface area (Å²) in [6.07, 6.45) is 3.77. The number of hydrogen-bond acceptors (Lipinski definition) is 3. The number of carbonyl (C=O) groups excluding carboxylic acids is 1. The van der Waals surface area contributed by atoms with Gasteiger partial charge in [-0.2, -0.15) is 0 Å². The van der Waals surface area contributed by atoms with Crippen LogP contribution in [0.3, 0.4) is 0 Å². The van der Waals surface area contributed by atoms with Crippen molar-refractivity contribution < 1.29 is 14.7 Å². The van der Waals surface area contributed by atoms with E-state index in [1.54, 1.807) is 12.1 Å². The number of thiophene rings is 1. The molecule has 0 saturated heterocycles. The lowest BCUT2D eigenvalue weighted by Crippen LogP contribution is -2.14. The summed E-state index contributed by atoms with van der Waals surface area (Å²) in [6, 6.07) is 7.46. The molecule has 0 atom stereocenters. The molecule has 126 valence electrons. The molecule has 1 aliphatic carbocycles. The SMILES string of the molecule is CC(C)c1ccc(C(=O)Nc2sc3c(c2C(=O)O)CCCC3)cc1. The molecular formula is C19H21NO3S. The van der Waals surface area contributed by atoms with Gasteiger partial charge in [0.05, 0.1) is 5.56 Å². The number of aromatic carboxylic acids is 1. The first-order chi connectivity index (χ1) is 11.5. The molecule has 4 nitrogen and oxygen atoms in total. The second kappa shape index (κ2) is 6.77. The molecule has 2 N–H and O–H groups in total. The summed E-state index contributed by atoms with van der Waals surface area (Å²) in [5.41, 5.74) is 2.90. The van der Waals surface area contributed by atoms with E-state index in [0.717, 1.165) is 36.1 Å². The molecule has 0 fully saturated rings. The van der Waals surface area contributed by atoms with Gasteiger partial charge in [-0.05, 0) is 54.9 Å². The second-order valence-corrected chi connectivity index (χ2v) is 7.56. The molecule has 1 heterocycles. The van der Waals surface area contributed by atoms with Crippen molar-refractivity contribution in [3.63, 3.8) is 0 Å². The van der Waals surface area contributed by atoms with E-state index in [9.17, 15) is 14.7 Å². The zero-order valence-electron chi connectivity index (χ0n) is 13.9. The summed E-state index contributed by atoms with van der Waals surface area (Å²) in [7, 11) is 0. The number of nitrogens with one attached hydrogen (secondary N) is 1. The van der Waals surface area contributed by atoms with Crippen LogP contribution in [0.2, 0.25) is 0 Å². The minimum absolute atomic E-state index is 0.258. The van der Waals surface area contributed by atoms with Gasteiger partial charge in [-0.25, -0.2) is 4.79 Å². The Kier molecular flexibility index (Phi) is 4.71. The van der Waals surface area contributed by atoms with Gasteiger partial charge in [0.2, 0.25) is 0 Å². The van der Waals surface area contributed by atoms with Crippen molar-refractivity contribution in [1.82, 2.24) is 0 Å². The standard InChI is InChI=1S/C19H21NO3S/c1-11(2)12-7-9-13(10-8-12)17(21)20-18-16(19(22)23)14-5-3-4-6-15(14)24-18/h7-11H,3-6H2,1-2H3,(H,20,21)(H,22,23). The Hall–Kier alpha value is -2.14. The Balaban J connectivity index is 1.86. The molecule has 24 heavy (non-hydrogen) atoms. The van der Waals surface area contributed by atoms with Crippen LogP contribution in [0.4, 0.5) is 5.00 Å². The molecule has 0 unspecified atom stereocenters. The average molecular weight is 343 g/mol. The molecule has 0 radical (unpaired) electrons. The minimum Gasteiger partial charge on any atom is -0.478 e. The number of carbonyl (C=O) groups is 2. The van der Waals surface area contributed by atoms with E-state index in [0.29, 0.717) is 16.5 Å². The average Bonchev–Trinajstić information content (AvgIpc) is 2.92. The Labute approximate surface area is 145 Å². The lowest BCUT2D eigenvalue weighted by atomic mass is 9.95. The summed E-state index contributed by atoms with van der Waals surface area (Å²) < 4.78 is 0. The number of rotatable bonds is 4. The van der Waals surface area contributed by atoms with E-state index in [1.807, 2.05) is 12.1 Å². The van der Waals surface area contributed by atoms with Gasteiger partial charge in [0.15, 0.2) is 0 Å². The topological polar surface area (TPSA) is 66.4 Å². The highest BCUT2D eigenvalue weighted by molar-refractivity contribution is 7.17. The third kappa shape index (κ3) is 3.22. The van der Waals surface area contributed by atoms with E-state index in [1.165, 1.54) is 16.9 Å². The van der Waals surface area contributed by atoms with Crippen LogP contribution >= 0.6 is 11.3 Å². The summed E-state index contributed by atoms with van der Waals surface area (Å²) in [5, 5.41) is 12.8. The van der Waals surface area contributed by atoms with Gasteiger partial charge in [-0.15, -0.1) is 11.3 Å². The van der Waals surface area contributed by atoms with Gasteiger partial charge in [-0.3, -0.25) is 4.79 Å². The molecule has 1 amide bonds. The van der Waals surface area contributed by atoms with Crippen molar-refractivity contribution >= 4 is 28.2 Å². The molecule has 0 aliphatic heterocycles. The van der Waals surface area contributed by atoms with Gasteiger partial charge in [0.25, 0.3) is 5.91 Å². The maximum absolute atomic E-state index is 12.5. The first-order valence-corrected chi connectivity index (χ1v) is 9.08. The number of hydrogen-bond donors (Lipinski definition) is 2. The van der Waals surface area contributed by atoms with E-state index in [4.69, 9.17) is 0 Å². The number of fused-ring (bicyclic) bond motifs is 1. The molecular weight excluding hydrogens is 322 g/mol. The Morgan fingerprint density at radius 1 is 1.12 bits per heavy atom. The maximum Gasteiger partial charge on any atom is 0.339 e. The van der Waals surface area contributed by atoms with Crippen molar-refractivity contribution in [2.45, 2.75) is 45.4 Å². The van der Waals surface area contributed by atoms with Crippen LogP contribution in [-0.2, 0) is 12.8 Å². The zero-order chi connectivity index (χ0) is 17.3. The Morgan fingerprint density at radius 2 is 1.79 bits per heavy atom. The van der Waals surface area contributed by atoms with Gasteiger partial charge in [-0.1, -0.05) is 26.0 Å². The normalized spacial score (nSPS) is 13.6. The lowest BCUT2D eigenvalue weighted by Gasteiger charge is -2.10. The molecule has 1 aliphatic rings. The Bertz CT molecular complexity index is 775. The zero-order valence-corrected chi connectivity index (χ0v) is 14.7. The van der Waals surface area contributed by atoms with Crippen LogP contribution in [0, 0.1) is 0 Å². The third-order valence-electron chi connectivity index (χ3n) is 4.45. The first-order valence-electron chi connectivity index (χ1n) is 8.26. The third-order valence-corrected chi connectivity index (χ3v) is 5.66. The van der Waals surface area contributed by atoms with Crippen LogP contribution in [0.15, 0.2) is 24.3 Å². The van der Waals surface area contributed by atoms with E-state index in [-0.39, 0.29) is 11.5 Å². The van der Waals surface area contributed by atoms with Crippen LogP contribution in [0.25, 0.3) is 0 Å². The van der Waals surface area contributed by atoms with Gasteiger partial charge in [0.1, 0.15) is 5.00 Å². The highest BCUT2D eigenvalue weighted by Crippen LogP contribution is 2.38. The van der Waals surface area contributed by atoms with Gasteiger partial charge >= 0.3 is 5.97 Å². The highest BCUT2D eigenvalue weighted by atomic mass is 32.1. The molecule has 2 aromatic rings. The molecule has 1 aromatic carbocycles. The van der Waals surface area contributed by atoms with Crippen molar-refractivity contribution in [3.05, 3.63) is 51.4 Å². The number of carboxylic acids is 1. The molecule has 0 spiro atoms. The predicted octanol–water partition coefficient (Wildman–Crippen LogP) is 4.70. The van der Waals surface area contributed by atoms with E-state index in [2.05, 4.69) is 19.2 Å². The summed E-state index contributed by atoms with van der Waals surface area (Å²) in [4.78, 5) is 25.2. The van der Waals surface area contributed by atoms with Crippen molar-refractivity contribution in [1.29, 1.82) is 0 Å². The fraction of sp³-hybridized carbons (Fsp3) is 0.368. The number of aryl methyl sites for hydroxylation is 1. The molecule has 0 bridgehead atoms. The number of amides is 1. The molecule has 5 heteroatoms. The number of carboxylic acid groups (broad SMARTS) is 1. The number of benzene rings is 1. The fourth-order valence-corrected chi connectivity index (χ4v) is 4.35. The highest BCUT2D eigenvalue weighted by Gasteiger charge is 2.26. The lowest BCUT2D eigenvalue weighted by molar-refractivity contribution is 0.0697. The summed E-state index contributed by atoms with van der Waals surface area (Å²) in [6.45, 7) is 4.20. The van der Waals surface area contributed by atoms with Crippen LogP contribution in [0.5, 0.6) is 0 Å². The molecule has 0 saturated carbocycles. The first kappa shape index (κ1) is 16.7. The van der Waals surface area contributed by atoms with Gasteiger partial charge in [0, 0.05) is 10.4 Å². The summed E-state index contributed by atoms with van der Waals surface area (Å²) >= 11 is 1.41. The van der Waals surface area contributed by atoms with Crippen LogP contribution < -0.4 is 5.32 Å². The van der Waals surface area contributed by atoms with Gasteiger partial charge < -0.3 is 10.4 Å². The summed E-state index contributed by atoms with van der Waals surface area (Å²) in [5.74, 6) is -0.809. The van der Waals surface area contributed by atoms with Crippen molar-refractivity contribution in [3.8, 4) is 0 Å². The minimum atomic E-state index is -0.958. The number of anilines is 1. The van der Waals surface area contributed by atoms with Crippen molar-refractivity contribution in [2.24, 2.45) is 0 Å². The monoisotopic (exact) mass is 343 g/mol. The molecule has 1 aromatic heterocycles. The molecule has 3 rings (SSSR count). The quantitative estimate of drug-likeness (QED) is 0.845. The van der Waals surface area contributed by atoms with E-state index >= 15 is 0 Å². The largest absolute Gasteiger partial charge is 0.478 e. The fourth-order valence-electron chi connectivity index (χ4n) is 3.07. The maximum atomic E-state index is 12.5. The predicted molar refractivity (Wildman–Crippen MR) is 96.4 cm³/mol. The Morgan fingerprint density at radius 3 is 2.42 bits per heavy atom.